The van der Waals surface area contributed by atoms with Crippen LogP contribution in [-0.4, -0.2) is 47.2 Å². The number of ether oxygens (including phenoxy) is 2. The maximum Gasteiger partial charge on any atom is 0.355 e. The SMILES string of the molecule is CCCCS(=O)(=O)Nc1ccc2c(c1)c(-c1ccc3nsnc3c1)c(C(=O)OCC)n2Cc1ccc(OC)cc1. The van der Waals surface area contributed by atoms with E-state index in [0.717, 1.165) is 51.4 Å². The zero-order valence-corrected chi connectivity index (χ0v) is 24.1. The summed E-state index contributed by atoms with van der Waals surface area (Å²) < 4.78 is 49.6. The van der Waals surface area contributed by atoms with E-state index in [1.807, 2.05) is 60.0 Å². The highest BCUT2D eigenvalue weighted by atomic mass is 32.2. The number of methoxy groups -OCH3 is 1. The molecule has 0 aliphatic rings. The summed E-state index contributed by atoms with van der Waals surface area (Å²) in [6, 6.07) is 18.6. The maximum atomic E-state index is 13.6. The van der Waals surface area contributed by atoms with Crippen molar-refractivity contribution in [1.82, 2.24) is 13.3 Å². The van der Waals surface area contributed by atoms with E-state index in [0.29, 0.717) is 35.4 Å². The van der Waals surface area contributed by atoms with Crippen molar-refractivity contribution in [3.05, 3.63) is 71.9 Å². The van der Waals surface area contributed by atoms with E-state index in [-0.39, 0.29) is 12.4 Å². The van der Waals surface area contributed by atoms with Gasteiger partial charge in [0.15, 0.2) is 0 Å². The average molecular weight is 579 g/mol. The number of nitrogens with zero attached hydrogens (tertiary/aromatic N) is 3. The Bertz CT molecular complexity index is 1780. The molecule has 0 amide bonds. The van der Waals surface area contributed by atoms with Gasteiger partial charge < -0.3 is 14.0 Å². The first-order chi connectivity index (χ1) is 19.3. The highest BCUT2D eigenvalue weighted by Gasteiger charge is 2.26. The van der Waals surface area contributed by atoms with Crippen LogP contribution < -0.4 is 9.46 Å². The number of sulfonamides is 1. The van der Waals surface area contributed by atoms with Crippen LogP contribution in [0.3, 0.4) is 0 Å². The van der Waals surface area contributed by atoms with E-state index < -0.39 is 16.0 Å². The molecule has 5 aromatic rings. The lowest BCUT2D eigenvalue weighted by Gasteiger charge is -2.12. The molecule has 40 heavy (non-hydrogen) atoms. The minimum absolute atomic E-state index is 0.0362. The lowest BCUT2D eigenvalue weighted by Crippen LogP contribution is -2.16. The number of rotatable bonds is 11. The third-order valence-corrected chi connectivity index (χ3v) is 8.54. The molecule has 5 rings (SSSR count). The molecule has 0 saturated carbocycles. The minimum atomic E-state index is -3.52. The number of carbonyl (C=O) groups is 1. The Morgan fingerprint density at radius 1 is 1.00 bits per heavy atom. The molecule has 9 nitrogen and oxygen atoms in total. The lowest BCUT2D eigenvalue weighted by atomic mass is 10.0. The predicted molar refractivity (Wildman–Crippen MR) is 159 cm³/mol. The normalized spacial score (nSPS) is 11.7. The molecule has 0 unspecified atom stereocenters. The Balaban J connectivity index is 1.74. The van der Waals surface area contributed by atoms with Crippen LogP contribution in [0.2, 0.25) is 0 Å². The molecule has 3 aromatic carbocycles. The number of hydrogen-bond acceptors (Lipinski definition) is 8. The lowest BCUT2D eigenvalue weighted by molar-refractivity contribution is 0.0516. The number of carbonyl (C=O) groups excluding carboxylic acids is 1. The van der Waals surface area contributed by atoms with Crippen LogP contribution in [0, 0.1) is 0 Å². The second-order valence-corrected chi connectivity index (χ2v) is 11.7. The van der Waals surface area contributed by atoms with E-state index in [4.69, 9.17) is 9.47 Å². The zero-order valence-electron chi connectivity index (χ0n) is 22.5. The molecule has 0 saturated heterocycles. The smallest absolute Gasteiger partial charge is 0.355 e. The Kier molecular flexibility index (Phi) is 8.04. The molecular weight excluding hydrogens is 548 g/mol. The molecule has 0 aliphatic heterocycles. The third-order valence-electron chi connectivity index (χ3n) is 6.61. The first-order valence-electron chi connectivity index (χ1n) is 13.0. The summed E-state index contributed by atoms with van der Waals surface area (Å²) in [4.78, 5) is 13.6. The Labute approximate surface area is 237 Å². The van der Waals surface area contributed by atoms with Crippen molar-refractivity contribution in [2.24, 2.45) is 0 Å². The second kappa shape index (κ2) is 11.6. The van der Waals surface area contributed by atoms with Crippen molar-refractivity contribution in [2.45, 2.75) is 33.2 Å². The van der Waals surface area contributed by atoms with Crippen molar-refractivity contribution >= 4 is 55.3 Å². The second-order valence-electron chi connectivity index (χ2n) is 9.35. The topological polar surface area (TPSA) is 112 Å². The van der Waals surface area contributed by atoms with Crippen molar-refractivity contribution in [1.29, 1.82) is 0 Å². The van der Waals surface area contributed by atoms with Gasteiger partial charge in [0, 0.05) is 28.7 Å². The Hall–Kier alpha value is -3.96. The first-order valence-corrected chi connectivity index (χ1v) is 15.4. The molecule has 2 aromatic heterocycles. The first kappa shape index (κ1) is 27.6. The van der Waals surface area contributed by atoms with Crippen molar-refractivity contribution in [3.63, 3.8) is 0 Å². The van der Waals surface area contributed by atoms with E-state index in [1.165, 1.54) is 0 Å². The predicted octanol–water partition coefficient (Wildman–Crippen LogP) is 6.09. The Morgan fingerprint density at radius 3 is 2.50 bits per heavy atom. The van der Waals surface area contributed by atoms with E-state index in [9.17, 15) is 13.2 Å². The number of esters is 1. The highest BCUT2D eigenvalue weighted by molar-refractivity contribution is 7.92. The summed E-state index contributed by atoms with van der Waals surface area (Å²) in [5.41, 5.74) is 5.40. The third kappa shape index (κ3) is 5.66. The molecule has 1 N–H and O–H groups in total. The number of nitrogens with one attached hydrogen (secondary N) is 1. The summed E-state index contributed by atoms with van der Waals surface area (Å²) in [6.45, 7) is 4.31. The number of fused-ring (bicyclic) bond motifs is 2. The molecular formula is C29H30N4O5S2. The maximum absolute atomic E-state index is 13.6. The van der Waals surface area contributed by atoms with Gasteiger partial charge in [-0.15, -0.1) is 0 Å². The molecule has 0 radical (unpaired) electrons. The molecule has 0 bridgehead atoms. The standard InChI is InChI=1S/C29H30N4O5S2/c1-4-6-15-40(35,36)32-21-10-14-26-23(17-21)27(20-9-13-24-25(16-20)31-39-30-24)28(29(34)38-5-2)33(26)18-19-7-11-22(37-3)12-8-19/h7-14,16-17,32H,4-6,15,18H2,1-3H3. The minimum Gasteiger partial charge on any atom is -0.497 e. The fourth-order valence-corrected chi connectivity index (χ4v) is 6.48. The summed E-state index contributed by atoms with van der Waals surface area (Å²) in [7, 11) is -1.91. The van der Waals surface area contributed by atoms with Crippen LogP contribution in [0.5, 0.6) is 5.75 Å². The molecule has 0 aliphatic carbocycles. The summed E-state index contributed by atoms with van der Waals surface area (Å²) in [6.07, 6.45) is 1.34. The van der Waals surface area contributed by atoms with Gasteiger partial charge in [0.25, 0.3) is 0 Å². The van der Waals surface area contributed by atoms with Gasteiger partial charge in [-0.25, -0.2) is 13.2 Å². The van der Waals surface area contributed by atoms with Crippen molar-refractivity contribution in [3.8, 4) is 16.9 Å². The zero-order chi connectivity index (χ0) is 28.3. The quantitative estimate of drug-likeness (QED) is 0.189. The number of unbranched alkanes of at least 4 members (excludes halogenated alkanes) is 1. The van der Waals surface area contributed by atoms with Crippen LogP contribution in [0.1, 0.15) is 42.7 Å². The van der Waals surface area contributed by atoms with E-state index in [2.05, 4.69) is 13.5 Å². The summed E-state index contributed by atoms with van der Waals surface area (Å²) in [5.74, 6) is 0.301. The van der Waals surface area contributed by atoms with Gasteiger partial charge in [-0.05, 0) is 66.9 Å². The Morgan fingerprint density at radius 2 is 1.77 bits per heavy atom. The van der Waals surface area contributed by atoms with Gasteiger partial charge in [-0.3, -0.25) is 4.72 Å². The number of anilines is 1. The van der Waals surface area contributed by atoms with Crippen LogP contribution in [0.25, 0.3) is 33.1 Å². The van der Waals surface area contributed by atoms with Gasteiger partial charge in [-0.1, -0.05) is 31.5 Å². The molecule has 0 spiro atoms. The van der Waals surface area contributed by atoms with E-state index in [1.54, 1.807) is 26.2 Å². The van der Waals surface area contributed by atoms with Gasteiger partial charge in [-0.2, -0.15) is 8.75 Å². The van der Waals surface area contributed by atoms with Crippen LogP contribution in [0.15, 0.2) is 60.7 Å². The fraction of sp³-hybridized carbons (Fsp3) is 0.276. The number of hydrogen-bond donors (Lipinski definition) is 1. The van der Waals surface area contributed by atoms with E-state index >= 15 is 0 Å². The van der Waals surface area contributed by atoms with Crippen LogP contribution in [-0.2, 0) is 21.3 Å². The van der Waals surface area contributed by atoms with Crippen LogP contribution in [0.4, 0.5) is 5.69 Å². The van der Waals surface area contributed by atoms with Gasteiger partial charge in [0.1, 0.15) is 22.5 Å². The van der Waals surface area contributed by atoms with Crippen LogP contribution >= 0.6 is 11.7 Å². The monoisotopic (exact) mass is 578 g/mol. The summed E-state index contributed by atoms with van der Waals surface area (Å²) in [5, 5.41) is 0.717. The van der Waals surface area contributed by atoms with Crippen molar-refractivity contribution in [2.75, 3.05) is 24.2 Å². The molecule has 0 atom stereocenters. The summed E-state index contributed by atoms with van der Waals surface area (Å²) >= 11 is 1.12. The largest absolute Gasteiger partial charge is 0.497 e. The number of aromatic nitrogens is 3. The molecule has 208 valence electrons. The highest BCUT2D eigenvalue weighted by Crippen LogP contribution is 2.39. The molecule has 11 heteroatoms. The van der Waals surface area contributed by atoms with Crippen molar-refractivity contribution < 1.29 is 22.7 Å². The van der Waals surface area contributed by atoms with Gasteiger partial charge in [0.05, 0.1) is 31.2 Å². The molecule has 2 heterocycles. The van der Waals surface area contributed by atoms with Gasteiger partial charge >= 0.3 is 5.97 Å². The molecule has 0 fully saturated rings. The average Bonchev–Trinajstić information content (AvgIpc) is 3.54. The fourth-order valence-electron chi connectivity index (χ4n) is 4.70. The number of benzene rings is 3. The van der Waals surface area contributed by atoms with Gasteiger partial charge in [0.2, 0.25) is 10.0 Å².